The molecule has 140 valence electrons. The summed E-state index contributed by atoms with van der Waals surface area (Å²) >= 11 is 1.54. The number of hydrogen-bond donors (Lipinski definition) is 0. The minimum atomic E-state index is -0.459. The Morgan fingerprint density at radius 3 is 2.68 bits per heavy atom. The standard InChI is InChI=1S/C22H19N3O2S/c1-11-10-28-22(24-11)19-14(4)25-13(3)17(9-23)20(19)16-7-5-6-15-18(26)8-12(2)27-21(15)16/h5-8,10,17,20H,1-4H3. The second-order valence-corrected chi connectivity index (χ2v) is 7.93. The Hall–Kier alpha value is -3.04. The van der Waals surface area contributed by atoms with Crippen molar-refractivity contribution in [3.63, 3.8) is 0 Å². The predicted molar refractivity (Wildman–Crippen MR) is 112 cm³/mol. The van der Waals surface area contributed by atoms with E-state index in [2.05, 4.69) is 16.0 Å². The van der Waals surface area contributed by atoms with Crippen LogP contribution in [0.2, 0.25) is 0 Å². The van der Waals surface area contributed by atoms with E-state index in [9.17, 15) is 10.1 Å². The van der Waals surface area contributed by atoms with Crippen molar-refractivity contribution in [2.45, 2.75) is 33.6 Å². The van der Waals surface area contributed by atoms with Crippen LogP contribution in [-0.2, 0) is 0 Å². The number of thiazole rings is 1. The molecule has 1 aliphatic heterocycles. The molecule has 2 aromatic heterocycles. The number of aryl methyl sites for hydroxylation is 2. The normalized spacial score (nSPS) is 19.6. The van der Waals surface area contributed by atoms with Crippen molar-refractivity contribution in [2.24, 2.45) is 10.9 Å². The zero-order chi connectivity index (χ0) is 20.0. The molecule has 3 aromatic rings. The molecule has 28 heavy (non-hydrogen) atoms. The van der Waals surface area contributed by atoms with Crippen LogP contribution in [0.5, 0.6) is 0 Å². The van der Waals surface area contributed by atoms with Gasteiger partial charge in [-0.25, -0.2) is 4.98 Å². The van der Waals surface area contributed by atoms with Crippen LogP contribution < -0.4 is 5.43 Å². The summed E-state index contributed by atoms with van der Waals surface area (Å²) in [5.41, 5.74) is 4.73. The number of aliphatic imine (C=N–C) groups is 1. The third-order valence-electron chi connectivity index (χ3n) is 5.06. The molecule has 0 bridgehead atoms. The SMILES string of the molecule is CC1=NC(C)=C(c2nc(C)cs2)C(c2cccc3c(=O)cc(C)oc23)C1C#N. The number of para-hydroxylation sites is 1. The summed E-state index contributed by atoms with van der Waals surface area (Å²) in [6.07, 6.45) is 0. The van der Waals surface area contributed by atoms with E-state index >= 15 is 0 Å². The van der Waals surface area contributed by atoms with Crippen LogP contribution in [0.15, 0.2) is 49.5 Å². The van der Waals surface area contributed by atoms with E-state index in [1.165, 1.54) is 6.07 Å². The molecule has 0 fully saturated rings. The van der Waals surface area contributed by atoms with E-state index in [1.807, 2.05) is 38.3 Å². The summed E-state index contributed by atoms with van der Waals surface area (Å²) in [6, 6.07) is 9.46. The zero-order valence-electron chi connectivity index (χ0n) is 16.1. The number of nitrogens with zero attached hydrogens (tertiary/aromatic N) is 3. The fraction of sp³-hybridized carbons (Fsp3) is 0.273. The second kappa shape index (κ2) is 6.84. The third kappa shape index (κ3) is 2.88. The first-order chi connectivity index (χ1) is 13.4. The maximum absolute atomic E-state index is 12.5. The van der Waals surface area contributed by atoms with Crippen molar-refractivity contribution >= 4 is 33.6 Å². The quantitative estimate of drug-likeness (QED) is 0.618. The van der Waals surface area contributed by atoms with Crippen LogP contribution in [0, 0.1) is 31.1 Å². The minimum absolute atomic E-state index is 0.0809. The average molecular weight is 389 g/mol. The molecule has 1 aromatic carbocycles. The molecule has 0 N–H and O–H groups in total. The lowest BCUT2D eigenvalue weighted by Crippen LogP contribution is -2.25. The molecule has 6 heteroatoms. The van der Waals surface area contributed by atoms with Gasteiger partial charge in [0.05, 0.1) is 17.4 Å². The molecule has 2 unspecified atom stereocenters. The van der Waals surface area contributed by atoms with E-state index in [0.29, 0.717) is 16.7 Å². The second-order valence-electron chi connectivity index (χ2n) is 7.08. The van der Waals surface area contributed by atoms with Gasteiger partial charge in [-0.05, 0) is 33.8 Å². The molecule has 0 amide bonds. The summed E-state index contributed by atoms with van der Waals surface area (Å²) < 4.78 is 5.99. The topological polar surface area (TPSA) is 79.2 Å². The molecule has 3 heterocycles. The van der Waals surface area contributed by atoms with E-state index in [0.717, 1.165) is 33.2 Å². The maximum Gasteiger partial charge on any atom is 0.192 e. The van der Waals surface area contributed by atoms with E-state index < -0.39 is 5.92 Å². The highest BCUT2D eigenvalue weighted by Crippen LogP contribution is 2.46. The van der Waals surface area contributed by atoms with Crippen molar-refractivity contribution < 1.29 is 4.42 Å². The Kier molecular flexibility index (Phi) is 4.48. The monoisotopic (exact) mass is 389 g/mol. The minimum Gasteiger partial charge on any atom is -0.461 e. The molecule has 2 atom stereocenters. The van der Waals surface area contributed by atoms with Crippen molar-refractivity contribution in [1.29, 1.82) is 5.26 Å². The van der Waals surface area contributed by atoms with Crippen LogP contribution in [0.25, 0.3) is 16.5 Å². The smallest absolute Gasteiger partial charge is 0.192 e. The lowest BCUT2D eigenvalue weighted by molar-refractivity contribution is 0.556. The van der Waals surface area contributed by atoms with Crippen LogP contribution in [0.4, 0.5) is 0 Å². The van der Waals surface area contributed by atoms with Crippen molar-refractivity contribution in [1.82, 2.24) is 4.98 Å². The van der Waals surface area contributed by atoms with Crippen molar-refractivity contribution in [3.8, 4) is 6.07 Å². The molecule has 4 rings (SSSR count). The molecule has 0 saturated carbocycles. The largest absolute Gasteiger partial charge is 0.461 e. The van der Waals surface area contributed by atoms with Crippen molar-refractivity contribution in [2.75, 3.05) is 0 Å². The maximum atomic E-state index is 12.5. The molecular formula is C22H19N3O2S. The fourth-order valence-electron chi connectivity index (χ4n) is 3.86. The summed E-state index contributed by atoms with van der Waals surface area (Å²) in [7, 11) is 0. The number of benzene rings is 1. The van der Waals surface area contributed by atoms with Gasteiger partial charge in [0.1, 0.15) is 16.4 Å². The molecule has 0 aliphatic carbocycles. The first-order valence-corrected chi connectivity index (χ1v) is 9.90. The Bertz CT molecular complexity index is 1260. The first kappa shape index (κ1) is 18.3. The van der Waals surface area contributed by atoms with E-state index in [-0.39, 0.29) is 11.3 Å². The molecule has 0 spiro atoms. The summed E-state index contributed by atoms with van der Waals surface area (Å²) in [4.78, 5) is 21.8. The van der Waals surface area contributed by atoms with Gasteiger partial charge in [0.2, 0.25) is 0 Å². The number of allylic oxidation sites excluding steroid dienone is 2. The molecule has 0 saturated heterocycles. The van der Waals surface area contributed by atoms with Gasteiger partial charge in [-0.2, -0.15) is 5.26 Å². The number of rotatable bonds is 2. The van der Waals surface area contributed by atoms with Gasteiger partial charge in [-0.1, -0.05) is 12.1 Å². The van der Waals surface area contributed by atoms with Gasteiger partial charge in [0.15, 0.2) is 5.43 Å². The predicted octanol–water partition coefficient (Wildman–Crippen LogP) is 5.00. The molecule has 1 aliphatic rings. The first-order valence-electron chi connectivity index (χ1n) is 9.02. The lowest BCUT2D eigenvalue weighted by atomic mass is 9.76. The third-order valence-corrected chi connectivity index (χ3v) is 6.05. The van der Waals surface area contributed by atoms with Gasteiger partial charge >= 0.3 is 0 Å². The van der Waals surface area contributed by atoms with E-state index in [4.69, 9.17) is 4.42 Å². The van der Waals surface area contributed by atoms with Gasteiger partial charge < -0.3 is 4.42 Å². The van der Waals surface area contributed by atoms with Gasteiger partial charge in [-0.3, -0.25) is 9.79 Å². The Balaban J connectivity index is 2.06. The highest BCUT2D eigenvalue weighted by Gasteiger charge is 2.37. The Morgan fingerprint density at radius 1 is 1.21 bits per heavy atom. The summed E-state index contributed by atoms with van der Waals surface area (Å²) in [5.74, 6) is -0.215. The Morgan fingerprint density at radius 2 is 2.00 bits per heavy atom. The van der Waals surface area contributed by atoms with Crippen LogP contribution in [0.1, 0.15) is 41.8 Å². The number of nitriles is 1. The van der Waals surface area contributed by atoms with Gasteiger partial charge in [0.25, 0.3) is 0 Å². The fourth-order valence-corrected chi connectivity index (χ4v) is 4.79. The highest BCUT2D eigenvalue weighted by molar-refractivity contribution is 7.10. The van der Waals surface area contributed by atoms with Crippen LogP contribution in [0.3, 0.4) is 0 Å². The average Bonchev–Trinajstić information content (AvgIpc) is 3.06. The Labute approximate surface area is 166 Å². The number of hydrogen-bond acceptors (Lipinski definition) is 6. The molecule has 5 nitrogen and oxygen atoms in total. The molecule has 0 radical (unpaired) electrons. The highest BCUT2D eigenvalue weighted by atomic mass is 32.1. The number of fused-ring (bicyclic) bond motifs is 1. The van der Waals surface area contributed by atoms with E-state index in [1.54, 1.807) is 24.3 Å². The zero-order valence-corrected chi connectivity index (χ0v) is 16.9. The summed E-state index contributed by atoms with van der Waals surface area (Å²) in [5, 5.41) is 13.3. The van der Waals surface area contributed by atoms with Gasteiger partial charge in [0, 0.05) is 45.6 Å². The van der Waals surface area contributed by atoms with Crippen LogP contribution >= 0.6 is 11.3 Å². The van der Waals surface area contributed by atoms with Crippen molar-refractivity contribution in [3.05, 3.63) is 67.6 Å². The van der Waals surface area contributed by atoms with Crippen LogP contribution in [-0.4, -0.2) is 10.7 Å². The number of aromatic nitrogens is 1. The molecular weight excluding hydrogens is 370 g/mol. The summed E-state index contributed by atoms with van der Waals surface area (Å²) in [6.45, 7) is 7.53. The lowest BCUT2D eigenvalue weighted by Gasteiger charge is -2.29. The van der Waals surface area contributed by atoms with Gasteiger partial charge in [-0.15, -0.1) is 11.3 Å².